The molecule has 3 aromatic rings. The molecular weight excluding hydrogens is 408 g/mol. The second-order valence-electron chi connectivity index (χ2n) is 8.50. The maximum Gasteiger partial charge on any atom is 0.230 e. The molecule has 31 heavy (non-hydrogen) atoms. The van der Waals surface area contributed by atoms with Crippen molar-refractivity contribution in [2.75, 3.05) is 5.75 Å². The quantitative estimate of drug-likeness (QED) is 0.530. The highest BCUT2D eigenvalue weighted by Crippen LogP contribution is 2.30. The summed E-state index contributed by atoms with van der Waals surface area (Å²) in [5.41, 5.74) is 2.07. The number of carbonyl (C=O) groups excluding carboxylic acids is 1. The van der Waals surface area contributed by atoms with Crippen LogP contribution in [-0.2, 0) is 11.3 Å². The molecule has 1 fully saturated rings. The van der Waals surface area contributed by atoms with Crippen molar-refractivity contribution in [3.05, 3.63) is 54.0 Å². The number of amides is 1. The molecule has 0 saturated heterocycles. The average molecular weight is 439 g/mol. The predicted octanol–water partition coefficient (Wildman–Crippen LogP) is 4.93. The van der Waals surface area contributed by atoms with Gasteiger partial charge in [-0.05, 0) is 36.8 Å². The van der Waals surface area contributed by atoms with E-state index in [1.807, 2.05) is 31.2 Å². The third-order valence-corrected chi connectivity index (χ3v) is 7.35. The first kappa shape index (κ1) is 21.7. The van der Waals surface area contributed by atoms with Crippen LogP contribution in [0.5, 0.6) is 0 Å². The number of nitrogens with one attached hydrogen (secondary N) is 1. The highest BCUT2D eigenvalue weighted by atomic mass is 32.2. The molecule has 2 heterocycles. The Hall–Kier alpha value is -2.54. The lowest BCUT2D eigenvalue weighted by atomic mass is 9.78. The van der Waals surface area contributed by atoms with Crippen molar-refractivity contribution in [3.8, 4) is 11.4 Å². The molecule has 2 aromatic heterocycles. The summed E-state index contributed by atoms with van der Waals surface area (Å²) in [4.78, 5) is 12.7. The molecule has 7 heteroatoms. The van der Waals surface area contributed by atoms with Gasteiger partial charge < -0.3 is 9.73 Å². The normalized spacial score (nSPS) is 21.2. The number of carbonyl (C=O) groups is 1. The standard InChI is InChI=1S/C24H30N4O2S/c1-16-8-7-11-21(17(16)2)25-22(29)15-31-24-27-26-23(20-12-13-30-18(20)3)28(24)14-19-9-5-4-6-10-19/h4-6,9-10,12-13,16-17,21H,7-8,11,14-15H2,1-3H3,(H,25,29). The average Bonchev–Trinajstić information content (AvgIpc) is 3.36. The Morgan fingerprint density at radius 1 is 1.19 bits per heavy atom. The lowest BCUT2D eigenvalue weighted by molar-refractivity contribution is -0.120. The largest absolute Gasteiger partial charge is 0.469 e. The van der Waals surface area contributed by atoms with E-state index in [9.17, 15) is 4.79 Å². The van der Waals surface area contributed by atoms with Crippen molar-refractivity contribution in [3.63, 3.8) is 0 Å². The molecule has 1 saturated carbocycles. The molecule has 1 aliphatic carbocycles. The topological polar surface area (TPSA) is 72.9 Å². The van der Waals surface area contributed by atoms with Crippen LogP contribution >= 0.6 is 11.8 Å². The fraction of sp³-hybridized carbons (Fsp3) is 0.458. The molecule has 0 aliphatic heterocycles. The van der Waals surface area contributed by atoms with Gasteiger partial charge in [-0.2, -0.15) is 0 Å². The highest BCUT2D eigenvalue weighted by Gasteiger charge is 2.28. The molecule has 1 amide bonds. The second-order valence-corrected chi connectivity index (χ2v) is 9.44. The monoisotopic (exact) mass is 438 g/mol. The zero-order valence-corrected chi connectivity index (χ0v) is 19.2. The van der Waals surface area contributed by atoms with E-state index in [1.54, 1.807) is 6.26 Å². The van der Waals surface area contributed by atoms with Crippen molar-refractivity contribution >= 4 is 17.7 Å². The van der Waals surface area contributed by atoms with Crippen LogP contribution in [0.25, 0.3) is 11.4 Å². The number of aromatic nitrogens is 3. The molecule has 0 spiro atoms. The minimum Gasteiger partial charge on any atom is -0.469 e. The summed E-state index contributed by atoms with van der Waals surface area (Å²) in [6.45, 7) is 7.08. The number of furan rings is 1. The van der Waals surface area contributed by atoms with E-state index < -0.39 is 0 Å². The zero-order chi connectivity index (χ0) is 21.8. The van der Waals surface area contributed by atoms with Crippen molar-refractivity contribution in [2.45, 2.75) is 57.8 Å². The van der Waals surface area contributed by atoms with Gasteiger partial charge in [-0.25, -0.2) is 0 Å². The first-order chi connectivity index (χ1) is 15.0. The minimum absolute atomic E-state index is 0.0613. The molecule has 1 aromatic carbocycles. The van der Waals surface area contributed by atoms with E-state index in [4.69, 9.17) is 4.42 Å². The number of aryl methyl sites for hydroxylation is 1. The Bertz CT molecular complexity index is 1010. The van der Waals surface area contributed by atoms with Crippen LogP contribution in [0.15, 0.2) is 52.2 Å². The Morgan fingerprint density at radius 3 is 2.74 bits per heavy atom. The van der Waals surface area contributed by atoms with E-state index in [2.05, 4.69) is 46.1 Å². The Kier molecular flexibility index (Phi) is 6.80. The fourth-order valence-electron chi connectivity index (χ4n) is 4.28. The van der Waals surface area contributed by atoms with Crippen molar-refractivity contribution in [2.24, 2.45) is 11.8 Å². The summed E-state index contributed by atoms with van der Waals surface area (Å²) in [6, 6.07) is 12.4. The number of thioether (sulfide) groups is 1. The van der Waals surface area contributed by atoms with E-state index in [0.717, 1.165) is 34.3 Å². The van der Waals surface area contributed by atoms with Crippen LogP contribution in [0.3, 0.4) is 0 Å². The molecule has 3 atom stereocenters. The van der Waals surface area contributed by atoms with Gasteiger partial charge in [0.2, 0.25) is 5.91 Å². The summed E-state index contributed by atoms with van der Waals surface area (Å²) in [7, 11) is 0. The summed E-state index contributed by atoms with van der Waals surface area (Å²) >= 11 is 1.44. The van der Waals surface area contributed by atoms with Crippen LogP contribution in [0, 0.1) is 18.8 Å². The maximum atomic E-state index is 12.7. The van der Waals surface area contributed by atoms with E-state index in [-0.39, 0.29) is 11.9 Å². The first-order valence-corrected chi connectivity index (χ1v) is 11.9. The Morgan fingerprint density at radius 2 is 2.00 bits per heavy atom. The molecule has 1 aliphatic rings. The highest BCUT2D eigenvalue weighted by molar-refractivity contribution is 7.99. The van der Waals surface area contributed by atoms with Gasteiger partial charge in [-0.3, -0.25) is 9.36 Å². The van der Waals surface area contributed by atoms with Gasteiger partial charge in [-0.1, -0.05) is 68.8 Å². The molecule has 0 bridgehead atoms. The molecule has 164 valence electrons. The predicted molar refractivity (Wildman–Crippen MR) is 123 cm³/mol. The molecule has 1 N–H and O–H groups in total. The van der Waals surface area contributed by atoms with Gasteiger partial charge in [0, 0.05) is 6.04 Å². The third kappa shape index (κ3) is 5.03. The van der Waals surface area contributed by atoms with Gasteiger partial charge in [-0.15, -0.1) is 10.2 Å². The summed E-state index contributed by atoms with van der Waals surface area (Å²) in [5.74, 6) is 3.12. The second kappa shape index (κ2) is 9.73. The van der Waals surface area contributed by atoms with Crippen LogP contribution < -0.4 is 5.32 Å². The lowest BCUT2D eigenvalue weighted by Gasteiger charge is -2.34. The van der Waals surface area contributed by atoms with Crippen molar-refractivity contribution in [1.82, 2.24) is 20.1 Å². The van der Waals surface area contributed by atoms with E-state index >= 15 is 0 Å². The van der Waals surface area contributed by atoms with E-state index in [1.165, 1.54) is 24.6 Å². The number of hydrogen-bond acceptors (Lipinski definition) is 5. The summed E-state index contributed by atoms with van der Waals surface area (Å²) < 4.78 is 7.55. The number of benzene rings is 1. The van der Waals surface area contributed by atoms with Crippen LogP contribution in [-0.4, -0.2) is 32.5 Å². The molecule has 4 rings (SSSR count). The summed E-state index contributed by atoms with van der Waals surface area (Å²) in [5, 5.41) is 12.8. The van der Waals surface area contributed by atoms with Gasteiger partial charge >= 0.3 is 0 Å². The van der Waals surface area contributed by atoms with Crippen LogP contribution in [0.1, 0.15) is 44.4 Å². The fourth-order valence-corrected chi connectivity index (χ4v) is 5.03. The van der Waals surface area contributed by atoms with Gasteiger partial charge in [0.05, 0.1) is 24.1 Å². The van der Waals surface area contributed by atoms with Gasteiger partial charge in [0.15, 0.2) is 11.0 Å². The zero-order valence-electron chi connectivity index (χ0n) is 18.4. The van der Waals surface area contributed by atoms with Gasteiger partial charge in [0.1, 0.15) is 5.76 Å². The SMILES string of the molecule is Cc1occc1-c1nnc(SCC(=O)NC2CCCC(C)C2C)n1Cc1ccccc1. The van der Waals surface area contributed by atoms with Crippen molar-refractivity contribution in [1.29, 1.82) is 0 Å². The van der Waals surface area contributed by atoms with Crippen molar-refractivity contribution < 1.29 is 9.21 Å². The number of rotatable bonds is 7. The Balaban J connectivity index is 1.49. The first-order valence-electron chi connectivity index (χ1n) is 11.0. The third-order valence-electron chi connectivity index (χ3n) is 6.39. The van der Waals surface area contributed by atoms with E-state index in [0.29, 0.717) is 24.1 Å². The maximum absolute atomic E-state index is 12.7. The van der Waals surface area contributed by atoms with Crippen LogP contribution in [0.2, 0.25) is 0 Å². The lowest BCUT2D eigenvalue weighted by Crippen LogP contribution is -2.44. The molecule has 0 radical (unpaired) electrons. The number of hydrogen-bond donors (Lipinski definition) is 1. The molecule has 3 unspecified atom stereocenters. The molecule has 6 nitrogen and oxygen atoms in total. The van der Waals surface area contributed by atoms with Gasteiger partial charge in [0.25, 0.3) is 0 Å². The smallest absolute Gasteiger partial charge is 0.230 e. The molecular formula is C24H30N4O2S. The number of nitrogens with zero attached hydrogens (tertiary/aromatic N) is 3. The Labute approximate surface area is 187 Å². The minimum atomic E-state index is 0.0613. The summed E-state index contributed by atoms with van der Waals surface area (Å²) in [6.07, 6.45) is 5.16. The van der Waals surface area contributed by atoms with Crippen LogP contribution in [0.4, 0.5) is 0 Å².